The van der Waals surface area contributed by atoms with Crippen LogP contribution in [0.3, 0.4) is 0 Å². The van der Waals surface area contributed by atoms with Gasteiger partial charge in [0.2, 0.25) is 5.91 Å². The van der Waals surface area contributed by atoms with Crippen LogP contribution in [0.25, 0.3) is 0 Å². The van der Waals surface area contributed by atoms with Crippen molar-refractivity contribution in [2.75, 3.05) is 23.8 Å². The summed E-state index contributed by atoms with van der Waals surface area (Å²) in [6.45, 7) is 0.276. The molecule has 0 fully saturated rings. The number of nitrogens with one attached hydrogen (secondary N) is 1. The predicted molar refractivity (Wildman–Crippen MR) is 79.3 cm³/mol. The molecule has 2 aromatic carbocycles. The summed E-state index contributed by atoms with van der Waals surface area (Å²) >= 11 is 0. The van der Waals surface area contributed by atoms with Crippen molar-refractivity contribution >= 4 is 17.3 Å². The number of carbonyl (C=O) groups excluding carboxylic acids is 1. The zero-order valence-corrected chi connectivity index (χ0v) is 11.6. The number of hydrogen-bond donors (Lipinski definition) is 1. The summed E-state index contributed by atoms with van der Waals surface area (Å²) in [5.41, 5.74) is 0.988. The van der Waals surface area contributed by atoms with Crippen LogP contribution in [-0.4, -0.2) is 19.5 Å². The number of rotatable bonds is 5. The Balaban J connectivity index is 1.87. The molecule has 21 heavy (non-hydrogen) atoms. The number of halogens is 2. The van der Waals surface area contributed by atoms with E-state index in [9.17, 15) is 13.6 Å². The van der Waals surface area contributed by atoms with Crippen molar-refractivity contribution in [3.05, 3.63) is 60.2 Å². The monoisotopic (exact) mass is 290 g/mol. The van der Waals surface area contributed by atoms with Crippen LogP contribution in [0.15, 0.2) is 48.5 Å². The van der Waals surface area contributed by atoms with Crippen LogP contribution in [0, 0.1) is 11.6 Å². The fourth-order valence-electron chi connectivity index (χ4n) is 1.90. The highest BCUT2D eigenvalue weighted by Gasteiger charge is 2.10. The molecule has 0 unspecified atom stereocenters. The lowest BCUT2D eigenvalue weighted by molar-refractivity contribution is -0.118. The van der Waals surface area contributed by atoms with Gasteiger partial charge in [-0.1, -0.05) is 18.2 Å². The van der Waals surface area contributed by atoms with Gasteiger partial charge in [0.05, 0.1) is 5.69 Å². The molecule has 1 N–H and O–H groups in total. The first-order valence-corrected chi connectivity index (χ1v) is 6.58. The third kappa shape index (κ3) is 4.02. The van der Waals surface area contributed by atoms with E-state index in [1.54, 1.807) is 11.9 Å². The van der Waals surface area contributed by atoms with E-state index in [-0.39, 0.29) is 24.6 Å². The average Bonchev–Trinajstić information content (AvgIpc) is 2.49. The Morgan fingerprint density at radius 1 is 1.14 bits per heavy atom. The fourth-order valence-corrected chi connectivity index (χ4v) is 1.90. The zero-order chi connectivity index (χ0) is 15.2. The van der Waals surface area contributed by atoms with E-state index in [1.165, 1.54) is 12.1 Å². The normalized spacial score (nSPS) is 10.2. The first-order valence-electron chi connectivity index (χ1n) is 6.58. The van der Waals surface area contributed by atoms with Gasteiger partial charge in [-0.05, 0) is 24.3 Å². The van der Waals surface area contributed by atoms with E-state index in [4.69, 9.17) is 0 Å². The smallest absolute Gasteiger partial charge is 0.228 e. The number of anilines is 2. The van der Waals surface area contributed by atoms with E-state index in [2.05, 4.69) is 5.32 Å². The summed E-state index contributed by atoms with van der Waals surface area (Å²) in [5, 5.41) is 2.79. The van der Waals surface area contributed by atoms with Crippen LogP contribution in [0.4, 0.5) is 20.2 Å². The van der Waals surface area contributed by atoms with E-state index < -0.39 is 11.6 Å². The van der Waals surface area contributed by atoms with E-state index in [1.807, 2.05) is 30.3 Å². The van der Waals surface area contributed by atoms with Crippen molar-refractivity contribution in [3.8, 4) is 0 Å². The molecule has 2 rings (SSSR count). The van der Waals surface area contributed by atoms with Gasteiger partial charge >= 0.3 is 0 Å². The minimum atomic E-state index is -0.668. The topological polar surface area (TPSA) is 32.3 Å². The molecule has 0 heterocycles. The second-order valence-electron chi connectivity index (χ2n) is 4.59. The van der Waals surface area contributed by atoms with Crippen molar-refractivity contribution in [1.29, 1.82) is 0 Å². The molecule has 5 heteroatoms. The van der Waals surface area contributed by atoms with Gasteiger partial charge in [0, 0.05) is 31.8 Å². The number of amides is 1. The van der Waals surface area contributed by atoms with Crippen LogP contribution in [-0.2, 0) is 4.79 Å². The summed E-state index contributed by atoms with van der Waals surface area (Å²) in [4.78, 5) is 13.5. The van der Waals surface area contributed by atoms with Gasteiger partial charge in [0.1, 0.15) is 11.6 Å². The minimum Gasteiger partial charge on any atom is -0.382 e. The molecule has 0 saturated carbocycles. The summed E-state index contributed by atoms with van der Waals surface area (Å²) in [6.07, 6.45) is 0.211. The third-order valence-electron chi connectivity index (χ3n) is 3.10. The van der Waals surface area contributed by atoms with E-state index >= 15 is 0 Å². The largest absolute Gasteiger partial charge is 0.382 e. The Morgan fingerprint density at radius 3 is 2.52 bits per heavy atom. The molecule has 3 nitrogen and oxygen atoms in total. The average molecular weight is 290 g/mol. The molecule has 0 saturated heterocycles. The van der Waals surface area contributed by atoms with Gasteiger partial charge in [-0.2, -0.15) is 0 Å². The molecular weight excluding hydrogens is 274 g/mol. The number of hydrogen-bond acceptors (Lipinski definition) is 2. The highest BCUT2D eigenvalue weighted by atomic mass is 19.1. The number of carbonyl (C=O) groups is 1. The Labute approximate surface area is 122 Å². The van der Waals surface area contributed by atoms with Crippen molar-refractivity contribution in [2.24, 2.45) is 0 Å². The summed E-state index contributed by atoms with van der Waals surface area (Å²) < 4.78 is 26.2. The maximum Gasteiger partial charge on any atom is 0.228 e. The zero-order valence-electron chi connectivity index (χ0n) is 11.6. The standard InChI is InChI=1S/C16H16F2N2O/c1-20(13-5-3-2-4-6-13)16(21)9-10-19-15-8-7-12(17)11-14(15)18/h2-8,11,19H,9-10H2,1H3. The van der Waals surface area contributed by atoms with Crippen LogP contribution < -0.4 is 10.2 Å². The van der Waals surface area contributed by atoms with E-state index in [0.717, 1.165) is 11.8 Å². The van der Waals surface area contributed by atoms with Crippen LogP contribution in [0.1, 0.15) is 6.42 Å². The van der Waals surface area contributed by atoms with E-state index in [0.29, 0.717) is 0 Å². The Morgan fingerprint density at radius 2 is 1.86 bits per heavy atom. The van der Waals surface area contributed by atoms with Crippen molar-refractivity contribution in [1.82, 2.24) is 0 Å². The second kappa shape index (κ2) is 6.83. The fraction of sp³-hybridized carbons (Fsp3) is 0.188. The van der Waals surface area contributed by atoms with Gasteiger partial charge < -0.3 is 10.2 Å². The Bertz CT molecular complexity index is 617. The van der Waals surface area contributed by atoms with Gasteiger partial charge in [-0.15, -0.1) is 0 Å². The summed E-state index contributed by atoms with van der Waals surface area (Å²) in [6, 6.07) is 12.5. The Kier molecular flexibility index (Phi) is 4.87. The second-order valence-corrected chi connectivity index (χ2v) is 4.59. The van der Waals surface area contributed by atoms with Crippen LogP contribution in [0.5, 0.6) is 0 Å². The lowest BCUT2D eigenvalue weighted by Crippen LogP contribution is -2.27. The highest BCUT2D eigenvalue weighted by Crippen LogP contribution is 2.15. The third-order valence-corrected chi connectivity index (χ3v) is 3.10. The molecule has 110 valence electrons. The van der Waals surface area contributed by atoms with Crippen LogP contribution >= 0.6 is 0 Å². The number of para-hydroxylation sites is 1. The van der Waals surface area contributed by atoms with Crippen LogP contribution in [0.2, 0.25) is 0 Å². The van der Waals surface area contributed by atoms with Crippen molar-refractivity contribution in [2.45, 2.75) is 6.42 Å². The maximum absolute atomic E-state index is 13.4. The molecule has 0 aliphatic heterocycles. The quantitative estimate of drug-likeness (QED) is 0.915. The van der Waals surface area contributed by atoms with Crippen molar-refractivity contribution in [3.63, 3.8) is 0 Å². The molecule has 1 amide bonds. The molecule has 0 atom stereocenters. The molecule has 2 aromatic rings. The van der Waals surface area contributed by atoms with Gasteiger partial charge in [-0.25, -0.2) is 8.78 Å². The number of nitrogens with zero attached hydrogens (tertiary/aromatic N) is 1. The highest BCUT2D eigenvalue weighted by molar-refractivity contribution is 5.93. The molecular formula is C16H16F2N2O. The molecule has 0 aliphatic carbocycles. The minimum absolute atomic E-state index is 0.0868. The van der Waals surface area contributed by atoms with Crippen molar-refractivity contribution < 1.29 is 13.6 Å². The summed E-state index contributed by atoms with van der Waals surface area (Å²) in [7, 11) is 1.69. The maximum atomic E-state index is 13.4. The summed E-state index contributed by atoms with van der Waals surface area (Å²) in [5.74, 6) is -1.38. The van der Waals surface area contributed by atoms with Gasteiger partial charge in [0.15, 0.2) is 0 Å². The lowest BCUT2D eigenvalue weighted by Gasteiger charge is -2.17. The molecule has 0 aromatic heterocycles. The number of benzene rings is 2. The predicted octanol–water partition coefficient (Wildman–Crippen LogP) is 3.43. The molecule has 0 radical (unpaired) electrons. The first-order chi connectivity index (χ1) is 10.1. The first kappa shape index (κ1) is 15.0. The SMILES string of the molecule is CN(C(=O)CCNc1ccc(F)cc1F)c1ccccc1. The molecule has 0 bridgehead atoms. The van der Waals surface area contributed by atoms with Gasteiger partial charge in [-0.3, -0.25) is 4.79 Å². The molecule has 0 aliphatic rings. The Hall–Kier alpha value is -2.43. The van der Waals surface area contributed by atoms with Gasteiger partial charge in [0.25, 0.3) is 0 Å². The lowest BCUT2D eigenvalue weighted by atomic mass is 10.2. The molecule has 0 spiro atoms.